The van der Waals surface area contributed by atoms with E-state index in [1.165, 1.54) is 0 Å². The summed E-state index contributed by atoms with van der Waals surface area (Å²) in [7, 11) is 0. The van der Waals surface area contributed by atoms with Gasteiger partial charge in [-0.15, -0.1) is 0 Å². The van der Waals surface area contributed by atoms with E-state index in [2.05, 4.69) is 57.4 Å². The number of para-hydroxylation sites is 1. The maximum atomic E-state index is 10.8. The van der Waals surface area contributed by atoms with Gasteiger partial charge >= 0.3 is 0 Å². The standard InChI is InChI=1S/C22H29N3OS/c1-21(2,3)17-12-15(13-18(19(17)26)22(4,5)6)14-23-25-20(27)24-16-10-8-7-9-11-16/h7-14,26H,1-6H3,(H2,24,25,27)/b23-14-. The molecule has 0 aromatic heterocycles. The molecule has 0 unspecified atom stereocenters. The fraction of sp³-hybridized carbons (Fsp3) is 0.364. The normalized spacial score (nSPS) is 12.2. The molecule has 144 valence electrons. The summed E-state index contributed by atoms with van der Waals surface area (Å²) in [6, 6.07) is 13.6. The van der Waals surface area contributed by atoms with Gasteiger partial charge in [0.1, 0.15) is 5.75 Å². The first-order valence-electron chi connectivity index (χ1n) is 9.01. The van der Waals surface area contributed by atoms with E-state index >= 15 is 0 Å². The molecule has 0 spiro atoms. The van der Waals surface area contributed by atoms with Crippen LogP contribution in [0.15, 0.2) is 47.6 Å². The van der Waals surface area contributed by atoms with Crippen LogP contribution in [0.4, 0.5) is 5.69 Å². The topological polar surface area (TPSA) is 56.7 Å². The van der Waals surface area contributed by atoms with Crippen LogP contribution in [0, 0.1) is 0 Å². The summed E-state index contributed by atoms with van der Waals surface area (Å²) in [6.07, 6.45) is 1.73. The Bertz CT molecular complexity index is 796. The summed E-state index contributed by atoms with van der Waals surface area (Å²) in [5.74, 6) is 0.362. The smallest absolute Gasteiger partial charge is 0.191 e. The highest BCUT2D eigenvalue weighted by atomic mass is 32.1. The molecule has 0 saturated heterocycles. The van der Waals surface area contributed by atoms with E-state index in [1.54, 1.807) is 6.21 Å². The lowest BCUT2D eigenvalue weighted by Gasteiger charge is -2.27. The van der Waals surface area contributed by atoms with E-state index in [0.29, 0.717) is 10.9 Å². The number of thiocarbonyl (C=S) groups is 1. The van der Waals surface area contributed by atoms with Gasteiger partial charge in [0.25, 0.3) is 0 Å². The van der Waals surface area contributed by atoms with Crippen LogP contribution in [0.5, 0.6) is 5.75 Å². The van der Waals surface area contributed by atoms with Crippen molar-refractivity contribution in [2.45, 2.75) is 52.4 Å². The number of phenolic OH excluding ortho intramolecular Hbond substituents is 1. The molecular formula is C22H29N3OS. The second kappa shape index (κ2) is 8.09. The second-order valence-corrected chi connectivity index (χ2v) is 9.06. The Kier molecular flexibility index (Phi) is 6.26. The first kappa shape index (κ1) is 20.9. The molecule has 0 aliphatic heterocycles. The molecular weight excluding hydrogens is 354 g/mol. The molecule has 0 heterocycles. The third kappa shape index (κ3) is 5.79. The number of phenols is 1. The van der Waals surface area contributed by atoms with Crippen molar-refractivity contribution in [2.75, 3.05) is 5.32 Å². The van der Waals surface area contributed by atoms with Gasteiger partial charge in [-0.3, -0.25) is 5.43 Å². The van der Waals surface area contributed by atoms with E-state index in [9.17, 15) is 5.11 Å². The Hall–Kier alpha value is -2.40. The van der Waals surface area contributed by atoms with Crippen molar-refractivity contribution in [1.29, 1.82) is 0 Å². The number of anilines is 1. The van der Waals surface area contributed by atoms with Crippen molar-refractivity contribution >= 4 is 29.2 Å². The van der Waals surface area contributed by atoms with Crippen LogP contribution in [0.2, 0.25) is 0 Å². The number of nitrogens with zero attached hydrogens (tertiary/aromatic N) is 1. The molecule has 5 heteroatoms. The predicted octanol–water partition coefficient (Wildman–Crippen LogP) is 5.31. The van der Waals surface area contributed by atoms with Gasteiger partial charge in [-0.1, -0.05) is 59.7 Å². The molecule has 0 aliphatic carbocycles. The van der Waals surface area contributed by atoms with Crippen LogP contribution in [-0.2, 0) is 10.8 Å². The number of hydrogen-bond acceptors (Lipinski definition) is 3. The minimum atomic E-state index is -0.175. The van der Waals surface area contributed by atoms with Crippen LogP contribution >= 0.6 is 12.2 Å². The van der Waals surface area contributed by atoms with E-state index < -0.39 is 0 Å². The van der Waals surface area contributed by atoms with Crippen molar-refractivity contribution in [2.24, 2.45) is 5.10 Å². The summed E-state index contributed by atoms with van der Waals surface area (Å²) in [6.45, 7) is 12.5. The van der Waals surface area contributed by atoms with Crippen LogP contribution in [0.1, 0.15) is 58.2 Å². The molecule has 27 heavy (non-hydrogen) atoms. The first-order chi connectivity index (χ1) is 12.5. The monoisotopic (exact) mass is 383 g/mol. The Labute approximate surface area is 167 Å². The summed E-state index contributed by atoms with van der Waals surface area (Å²) in [5, 5.41) is 18.5. The van der Waals surface area contributed by atoms with Crippen molar-refractivity contribution in [3.63, 3.8) is 0 Å². The molecule has 0 fully saturated rings. The SMILES string of the molecule is CC(C)(C)c1cc(/C=N\NC(=S)Nc2ccccc2)cc(C(C)(C)C)c1O. The van der Waals surface area contributed by atoms with Gasteiger partial charge in [-0.05, 0) is 52.9 Å². The van der Waals surface area contributed by atoms with Crippen LogP contribution in [0.25, 0.3) is 0 Å². The number of nitrogens with one attached hydrogen (secondary N) is 2. The van der Waals surface area contributed by atoms with Gasteiger partial charge in [-0.2, -0.15) is 5.10 Å². The van der Waals surface area contributed by atoms with Gasteiger partial charge in [0, 0.05) is 16.8 Å². The lowest BCUT2D eigenvalue weighted by Crippen LogP contribution is -2.24. The van der Waals surface area contributed by atoms with Crippen LogP contribution < -0.4 is 10.7 Å². The molecule has 0 amide bonds. The summed E-state index contributed by atoms with van der Waals surface area (Å²) in [5.41, 5.74) is 6.11. The largest absolute Gasteiger partial charge is 0.507 e. The summed E-state index contributed by atoms with van der Waals surface area (Å²) in [4.78, 5) is 0. The van der Waals surface area contributed by atoms with Crippen molar-refractivity contribution in [1.82, 2.24) is 5.43 Å². The van der Waals surface area contributed by atoms with Crippen molar-refractivity contribution < 1.29 is 5.11 Å². The zero-order valence-corrected chi connectivity index (χ0v) is 17.7. The lowest BCUT2D eigenvalue weighted by atomic mass is 9.78. The summed E-state index contributed by atoms with van der Waals surface area (Å²) < 4.78 is 0. The molecule has 0 radical (unpaired) electrons. The lowest BCUT2D eigenvalue weighted by molar-refractivity contribution is 0.423. The molecule has 0 bridgehead atoms. The minimum Gasteiger partial charge on any atom is -0.507 e. The first-order valence-corrected chi connectivity index (χ1v) is 9.42. The fourth-order valence-electron chi connectivity index (χ4n) is 2.72. The average Bonchev–Trinajstić information content (AvgIpc) is 2.55. The van der Waals surface area contributed by atoms with Crippen molar-refractivity contribution in [3.8, 4) is 5.75 Å². The Balaban J connectivity index is 2.22. The van der Waals surface area contributed by atoms with Gasteiger partial charge in [0.15, 0.2) is 5.11 Å². The molecule has 0 aliphatic rings. The van der Waals surface area contributed by atoms with Gasteiger partial charge in [0.2, 0.25) is 0 Å². The zero-order chi connectivity index (χ0) is 20.2. The quantitative estimate of drug-likeness (QED) is 0.382. The van der Waals surface area contributed by atoms with Gasteiger partial charge < -0.3 is 10.4 Å². The highest BCUT2D eigenvalue weighted by Crippen LogP contribution is 2.39. The molecule has 0 atom stereocenters. The second-order valence-electron chi connectivity index (χ2n) is 8.65. The van der Waals surface area contributed by atoms with E-state index in [4.69, 9.17) is 12.2 Å². The number of aromatic hydroxyl groups is 1. The van der Waals surface area contributed by atoms with E-state index in [0.717, 1.165) is 22.4 Å². The van der Waals surface area contributed by atoms with Gasteiger partial charge in [0.05, 0.1) is 6.21 Å². The van der Waals surface area contributed by atoms with Crippen LogP contribution in [-0.4, -0.2) is 16.4 Å². The number of rotatable bonds is 3. The highest BCUT2D eigenvalue weighted by molar-refractivity contribution is 7.80. The molecule has 0 saturated carbocycles. The third-order valence-corrected chi connectivity index (χ3v) is 4.35. The number of hydrazone groups is 1. The average molecular weight is 384 g/mol. The Morgan fingerprint density at radius 1 is 0.963 bits per heavy atom. The fourth-order valence-corrected chi connectivity index (χ4v) is 2.89. The third-order valence-electron chi connectivity index (χ3n) is 4.16. The molecule has 4 nitrogen and oxygen atoms in total. The Morgan fingerprint density at radius 3 is 1.96 bits per heavy atom. The highest BCUT2D eigenvalue weighted by Gasteiger charge is 2.26. The number of hydrogen-bond donors (Lipinski definition) is 3. The molecule has 2 aromatic carbocycles. The Morgan fingerprint density at radius 2 is 1.48 bits per heavy atom. The molecule has 2 rings (SSSR count). The molecule has 2 aromatic rings. The molecule has 3 N–H and O–H groups in total. The number of benzene rings is 2. The van der Waals surface area contributed by atoms with Crippen LogP contribution in [0.3, 0.4) is 0 Å². The van der Waals surface area contributed by atoms with Crippen molar-refractivity contribution in [3.05, 3.63) is 59.2 Å². The van der Waals surface area contributed by atoms with E-state index in [1.807, 2.05) is 42.5 Å². The van der Waals surface area contributed by atoms with E-state index in [-0.39, 0.29) is 10.8 Å². The van der Waals surface area contributed by atoms with Gasteiger partial charge in [-0.25, -0.2) is 0 Å². The summed E-state index contributed by atoms with van der Waals surface area (Å²) >= 11 is 5.27. The zero-order valence-electron chi connectivity index (χ0n) is 16.9. The minimum absolute atomic E-state index is 0.175. The maximum Gasteiger partial charge on any atom is 0.191 e. The predicted molar refractivity (Wildman–Crippen MR) is 119 cm³/mol. The maximum absolute atomic E-state index is 10.8.